The fraction of sp³-hybridized carbons (Fsp3) is 0.355. The van der Waals surface area contributed by atoms with Gasteiger partial charge in [-0.15, -0.1) is 0 Å². The fourth-order valence-corrected chi connectivity index (χ4v) is 5.00. The van der Waals surface area contributed by atoms with E-state index in [0.717, 1.165) is 6.07 Å². The van der Waals surface area contributed by atoms with Crippen LogP contribution < -0.4 is 9.64 Å². The van der Waals surface area contributed by atoms with Crippen LogP contribution in [0.4, 0.5) is 32.0 Å². The fourth-order valence-electron chi connectivity index (χ4n) is 5.00. The molecule has 4 rings (SSSR count). The lowest BCUT2D eigenvalue weighted by Gasteiger charge is -2.34. The first-order valence-electron chi connectivity index (χ1n) is 13.5. The first-order chi connectivity index (χ1) is 20.2. The van der Waals surface area contributed by atoms with Crippen molar-refractivity contribution in [2.45, 2.75) is 56.7 Å². The second-order valence-corrected chi connectivity index (χ2v) is 10.2. The number of nitrogens with zero attached hydrogens (tertiary/aromatic N) is 1. The number of aliphatic hydroxyl groups is 1. The minimum atomic E-state index is -6.06. The summed E-state index contributed by atoms with van der Waals surface area (Å²) in [6.45, 7) is 3.36. The van der Waals surface area contributed by atoms with Crippen molar-refractivity contribution in [1.82, 2.24) is 0 Å². The van der Waals surface area contributed by atoms with E-state index in [4.69, 9.17) is 9.47 Å². The molecular weight excluding hydrogens is 580 g/mol. The minimum Gasteiger partial charge on any atom is -0.489 e. The van der Waals surface area contributed by atoms with Crippen LogP contribution in [0.3, 0.4) is 0 Å². The zero-order valence-electron chi connectivity index (χ0n) is 23.2. The van der Waals surface area contributed by atoms with Crippen molar-refractivity contribution < 1.29 is 50.5 Å². The number of ether oxygens (including phenoxy) is 2. The third-order valence-electron chi connectivity index (χ3n) is 7.31. The summed E-state index contributed by atoms with van der Waals surface area (Å²) in [4.78, 5) is 27.3. The lowest BCUT2D eigenvalue weighted by molar-refractivity contribution is -0.376. The molecule has 43 heavy (non-hydrogen) atoms. The lowest BCUT2D eigenvalue weighted by atomic mass is 9.89. The number of fused-ring (bicyclic) bond motifs is 1. The minimum absolute atomic E-state index is 0.00408. The molecule has 1 aliphatic heterocycles. The zero-order chi connectivity index (χ0) is 31.6. The summed E-state index contributed by atoms with van der Waals surface area (Å²) in [6.07, 6.45) is -12.8. The number of hydrogen-bond donors (Lipinski definition) is 1. The highest BCUT2D eigenvalue weighted by molar-refractivity contribution is 5.98. The summed E-state index contributed by atoms with van der Waals surface area (Å²) >= 11 is 0. The topological polar surface area (TPSA) is 76.1 Å². The Morgan fingerprint density at radius 3 is 2.26 bits per heavy atom. The van der Waals surface area contributed by atoms with Gasteiger partial charge in [0, 0.05) is 11.3 Å². The molecule has 1 N–H and O–H groups in total. The maximum absolute atomic E-state index is 13.8. The van der Waals surface area contributed by atoms with Gasteiger partial charge in [-0.1, -0.05) is 48.5 Å². The monoisotopic (exact) mass is 609 g/mol. The van der Waals surface area contributed by atoms with Gasteiger partial charge >= 0.3 is 18.3 Å². The van der Waals surface area contributed by atoms with Gasteiger partial charge in [-0.05, 0) is 62.1 Å². The number of esters is 1. The molecule has 1 heterocycles. The van der Waals surface area contributed by atoms with Crippen LogP contribution in [0.2, 0.25) is 0 Å². The number of hydrogen-bond acceptors (Lipinski definition) is 5. The van der Waals surface area contributed by atoms with Crippen molar-refractivity contribution in [3.05, 3.63) is 95.1 Å². The molecule has 0 aromatic heterocycles. The average molecular weight is 610 g/mol. The van der Waals surface area contributed by atoms with Crippen LogP contribution in [-0.2, 0) is 21.6 Å². The summed E-state index contributed by atoms with van der Waals surface area (Å²) in [5.41, 5.74) is -5.55. The van der Waals surface area contributed by atoms with Crippen LogP contribution in [0.15, 0.2) is 72.8 Å². The quantitative estimate of drug-likeness (QED) is 0.238. The largest absolute Gasteiger partial charge is 0.489 e. The van der Waals surface area contributed by atoms with Gasteiger partial charge in [-0.2, -0.15) is 26.3 Å². The Bertz CT molecular complexity index is 1440. The molecule has 2 atom stereocenters. The molecule has 0 aliphatic carbocycles. The summed E-state index contributed by atoms with van der Waals surface area (Å²) in [6, 6.07) is 17.0. The maximum atomic E-state index is 13.8. The molecular formula is C31H29F6NO5. The molecule has 1 amide bonds. The number of aryl methyl sites for hydroxylation is 1. The molecule has 0 saturated carbocycles. The second-order valence-electron chi connectivity index (χ2n) is 10.2. The Hall–Kier alpha value is -4.06. The van der Waals surface area contributed by atoms with Gasteiger partial charge in [-0.25, -0.2) is 4.79 Å². The van der Waals surface area contributed by atoms with Crippen LogP contribution in [0.1, 0.15) is 53.2 Å². The van der Waals surface area contributed by atoms with E-state index in [1.54, 1.807) is 56.3 Å². The number of alkyl halides is 6. The van der Waals surface area contributed by atoms with Crippen molar-refractivity contribution in [3.63, 3.8) is 0 Å². The molecule has 12 heteroatoms. The van der Waals surface area contributed by atoms with Gasteiger partial charge in [-0.3, -0.25) is 4.79 Å². The summed E-state index contributed by atoms with van der Waals surface area (Å²) in [5.74, 6) is -1.50. The predicted molar refractivity (Wildman–Crippen MR) is 145 cm³/mol. The molecule has 2 unspecified atom stereocenters. The Balaban J connectivity index is 1.74. The summed E-state index contributed by atoms with van der Waals surface area (Å²) < 4.78 is 93.0. The third-order valence-corrected chi connectivity index (χ3v) is 7.31. The number of benzene rings is 3. The van der Waals surface area contributed by atoms with Crippen LogP contribution >= 0.6 is 0 Å². The van der Waals surface area contributed by atoms with Crippen LogP contribution in [0, 0.1) is 0 Å². The number of carbonyl (C=O) groups is 2. The highest BCUT2D eigenvalue weighted by Gasteiger charge is 2.71. The number of halogens is 6. The number of amides is 1. The zero-order valence-corrected chi connectivity index (χ0v) is 23.2. The first-order valence-corrected chi connectivity index (χ1v) is 13.5. The molecule has 3 aromatic carbocycles. The Kier molecular flexibility index (Phi) is 9.10. The van der Waals surface area contributed by atoms with E-state index in [2.05, 4.69) is 0 Å². The van der Waals surface area contributed by atoms with Crippen molar-refractivity contribution in [2.24, 2.45) is 0 Å². The van der Waals surface area contributed by atoms with E-state index >= 15 is 0 Å². The van der Waals surface area contributed by atoms with Gasteiger partial charge in [0.1, 0.15) is 11.9 Å². The van der Waals surface area contributed by atoms with E-state index in [-0.39, 0.29) is 48.6 Å². The van der Waals surface area contributed by atoms with E-state index < -0.39 is 47.4 Å². The van der Waals surface area contributed by atoms with E-state index in [1.165, 1.54) is 17.0 Å². The second kappa shape index (κ2) is 12.3. The van der Waals surface area contributed by atoms with Crippen LogP contribution in [0.5, 0.6) is 5.75 Å². The van der Waals surface area contributed by atoms with Crippen molar-refractivity contribution in [1.29, 1.82) is 0 Å². The molecule has 0 radical (unpaired) electrons. The van der Waals surface area contributed by atoms with Gasteiger partial charge in [0.15, 0.2) is 0 Å². The molecule has 0 spiro atoms. The molecule has 3 aromatic rings. The van der Waals surface area contributed by atoms with Crippen LogP contribution in [0.25, 0.3) is 0 Å². The van der Waals surface area contributed by atoms with Gasteiger partial charge in [0.25, 0.3) is 5.60 Å². The van der Waals surface area contributed by atoms with E-state index in [1.807, 2.05) is 0 Å². The Morgan fingerprint density at radius 2 is 1.63 bits per heavy atom. The molecule has 6 nitrogen and oxygen atoms in total. The Labute approximate surface area is 243 Å². The van der Waals surface area contributed by atoms with E-state index in [0.29, 0.717) is 17.7 Å². The summed E-state index contributed by atoms with van der Waals surface area (Å²) in [5, 5.41) is 10.0. The predicted octanol–water partition coefficient (Wildman–Crippen LogP) is 6.71. The normalized spacial score (nSPS) is 16.6. The summed E-state index contributed by atoms with van der Waals surface area (Å²) in [7, 11) is 0. The van der Waals surface area contributed by atoms with Gasteiger partial charge in [0.05, 0.1) is 24.6 Å². The molecule has 230 valence electrons. The third kappa shape index (κ3) is 6.48. The molecule has 0 saturated heterocycles. The smallest absolute Gasteiger partial charge is 0.430 e. The highest BCUT2D eigenvalue weighted by Crippen LogP contribution is 2.51. The van der Waals surface area contributed by atoms with Gasteiger partial charge in [0.2, 0.25) is 5.91 Å². The van der Waals surface area contributed by atoms with Crippen molar-refractivity contribution in [2.75, 3.05) is 18.1 Å². The first kappa shape index (κ1) is 31.9. The molecule has 1 aliphatic rings. The highest BCUT2D eigenvalue weighted by atomic mass is 19.4. The van der Waals surface area contributed by atoms with Crippen LogP contribution in [-0.4, -0.2) is 48.6 Å². The molecule has 0 bridgehead atoms. The number of anilines is 1. The maximum Gasteiger partial charge on any atom is 0.430 e. The van der Waals surface area contributed by atoms with E-state index in [9.17, 15) is 41.0 Å². The standard InChI is InChI=1S/C31H29F6NO5/c1-3-42-28(40)22-10-7-11-24(17-22)43-25-14-12-21-16-23(29(41,30(32,33)34)31(35,36)37)13-15-26(21)38(18-25)27(39)19(2)20-8-5-4-6-9-20/h4-11,13,15-17,19,25,41H,3,12,14,18H2,1-2H3. The number of rotatable bonds is 7. The SMILES string of the molecule is CCOC(=O)c1cccc(OC2CCc3cc(C(O)(C(F)(F)F)C(F)(F)F)ccc3N(C(=O)C(C)c3ccccc3)C2)c1. The van der Waals surface area contributed by atoms with Gasteiger partial charge < -0.3 is 19.5 Å². The number of carbonyl (C=O) groups excluding carboxylic acids is 2. The van der Waals surface area contributed by atoms with Crippen molar-refractivity contribution in [3.8, 4) is 5.75 Å². The Morgan fingerprint density at radius 1 is 0.953 bits per heavy atom. The van der Waals surface area contributed by atoms with Crippen molar-refractivity contribution >= 4 is 17.6 Å². The lowest BCUT2D eigenvalue weighted by Crippen LogP contribution is -2.54. The molecule has 0 fully saturated rings. The average Bonchev–Trinajstić information content (AvgIpc) is 3.14.